The molecule has 0 unspecified atom stereocenters. The van der Waals surface area contributed by atoms with Gasteiger partial charge in [-0.3, -0.25) is 13.9 Å². The summed E-state index contributed by atoms with van der Waals surface area (Å²) in [5.74, 6) is -0.941. The van der Waals surface area contributed by atoms with Crippen LogP contribution in [0.5, 0.6) is 0 Å². The third-order valence-electron chi connectivity index (χ3n) is 5.59. The van der Waals surface area contributed by atoms with E-state index in [1.54, 1.807) is 38.1 Å². The van der Waals surface area contributed by atoms with Crippen molar-refractivity contribution in [1.82, 2.24) is 10.2 Å². The Kier molecular flexibility index (Phi) is 10.0. The highest BCUT2D eigenvalue weighted by Crippen LogP contribution is 2.35. The van der Waals surface area contributed by atoms with Crippen LogP contribution in [0.15, 0.2) is 82.2 Å². The minimum absolute atomic E-state index is 0.00675. The maximum absolute atomic E-state index is 13.8. The topological polar surface area (TPSA) is 86.8 Å². The van der Waals surface area contributed by atoms with Crippen molar-refractivity contribution in [2.24, 2.45) is 0 Å². The van der Waals surface area contributed by atoms with Gasteiger partial charge in [-0.15, -0.1) is 0 Å². The smallest absolute Gasteiger partial charge is 0.264 e. The molecular formula is C26H26BrCl2N3O4S. The molecule has 0 saturated heterocycles. The van der Waals surface area contributed by atoms with Crippen LogP contribution in [0.3, 0.4) is 0 Å². The van der Waals surface area contributed by atoms with Crippen molar-refractivity contribution < 1.29 is 18.0 Å². The number of nitrogens with zero attached hydrogens (tertiary/aromatic N) is 2. The first-order valence-electron chi connectivity index (χ1n) is 11.4. The Labute approximate surface area is 235 Å². The fourth-order valence-corrected chi connectivity index (χ4v) is 5.77. The number of sulfonamides is 1. The van der Waals surface area contributed by atoms with Crippen LogP contribution in [0.4, 0.5) is 5.69 Å². The quantitative estimate of drug-likeness (QED) is 0.322. The SMILES string of the molecule is CCNC(=O)[C@H](C)N(Cc1ccc(Br)cc1)C(=O)CN(c1cccc(Cl)c1Cl)S(=O)(=O)c1ccccc1. The molecule has 0 aromatic heterocycles. The molecule has 3 aromatic rings. The Morgan fingerprint density at radius 2 is 1.62 bits per heavy atom. The molecular weight excluding hydrogens is 601 g/mol. The number of carbonyl (C=O) groups excluding carboxylic acids is 2. The van der Waals surface area contributed by atoms with Gasteiger partial charge in [-0.1, -0.05) is 75.5 Å². The highest BCUT2D eigenvalue weighted by Gasteiger charge is 2.33. The predicted molar refractivity (Wildman–Crippen MR) is 150 cm³/mol. The molecule has 0 bridgehead atoms. The van der Waals surface area contributed by atoms with E-state index < -0.39 is 28.5 Å². The van der Waals surface area contributed by atoms with Gasteiger partial charge in [0.15, 0.2) is 0 Å². The molecule has 3 rings (SSSR count). The number of benzene rings is 3. The van der Waals surface area contributed by atoms with Crippen molar-refractivity contribution in [2.45, 2.75) is 31.3 Å². The number of amides is 2. The highest BCUT2D eigenvalue weighted by molar-refractivity contribution is 9.10. The van der Waals surface area contributed by atoms with Gasteiger partial charge in [0, 0.05) is 17.6 Å². The first kappa shape index (κ1) is 29.0. The average Bonchev–Trinajstić information content (AvgIpc) is 2.88. The Balaban J connectivity index is 2.06. The summed E-state index contributed by atoms with van der Waals surface area (Å²) in [6, 6.07) is 18.7. The fraction of sp³-hybridized carbons (Fsp3) is 0.231. The number of hydrogen-bond acceptors (Lipinski definition) is 4. The molecule has 0 aliphatic carbocycles. The van der Waals surface area contributed by atoms with Crippen LogP contribution in [0.25, 0.3) is 0 Å². The van der Waals surface area contributed by atoms with Crippen LogP contribution in [-0.4, -0.2) is 44.3 Å². The maximum Gasteiger partial charge on any atom is 0.264 e. The molecule has 196 valence electrons. The number of halogens is 3. The highest BCUT2D eigenvalue weighted by atomic mass is 79.9. The van der Waals surface area contributed by atoms with Crippen molar-refractivity contribution in [3.05, 3.63) is 92.9 Å². The van der Waals surface area contributed by atoms with E-state index in [9.17, 15) is 18.0 Å². The van der Waals surface area contributed by atoms with Crippen molar-refractivity contribution in [2.75, 3.05) is 17.4 Å². The fourth-order valence-electron chi connectivity index (χ4n) is 3.61. The van der Waals surface area contributed by atoms with Crippen molar-refractivity contribution >= 4 is 66.7 Å². The molecule has 2 amide bonds. The lowest BCUT2D eigenvalue weighted by Crippen LogP contribution is -2.51. The second-order valence-corrected chi connectivity index (χ2v) is 11.7. The second-order valence-electron chi connectivity index (χ2n) is 8.12. The summed E-state index contributed by atoms with van der Waals surface area (Å²) in [5, 5.41) is 2.86. The standard InChI is InChI=1S/C26H26BrCl2N3O4S/c1-3-30-26(34)18(2)31(16-19-12-14-20(27)15-13-19)24(33)17-32(23-11-7-10-22(28)25(23)29)37(35,36)21-8-5-4-6-9-21/h4-15,18H,3,16-17H2,1-2H3,(H,30,34)/t18-/m0/s1. The number of carbonyl (C=O) groups is 2. The molecule has 1 N–H and O–H groups in total. The first-order chi connectivity index (χ1) is 17.6. The summed E-state index contributed by atoms with van der Waals surface area (Å²) in [5.41, 5.74) is 0.826. The van der Waals surface area contributed by atoms with E-state index >= 15 is 0 Å². The molecule has 1 atom stereocenters. The zero-order chi connectivity index (χ0) is 27.2. The molecule has 0 aliphatic rings. The molecule has 0 aliphatic heterocycles. The van der Waals surface area contributed by atoms with Crippen LogP contribution in [0.1, 0.15) is 19.4 Å². The Bertz CT molecular complexity index is 1360. The molecule has 0 spiro atoms. The second kappa shape index (κ2) is 12.8. The van der Waals surface area contributed by atoms with Gasteiger partial charge >= 0.3 is 0 Å². The van der Waals surface area contributed by atoms with Gasteiger partial charge in [0.1, 0.15) is 12.6 Å². The summed E-state index contributed by atoms with van der Waals surface area (Å²) in [6.45, 7) is 3.26. The summed E-state index contributed by atoms with van der Waals surface area (Å²) in [4.78, 5) is 27.8. The maximum atomic E-state index is 13.8. The van der Waals surface area contributed by atoms with E-state index in [1.165, 1.54) is 29.2 Å². The van der Waals surface area contributed by atoms with Gasteiger partial charge < -0.3 is 10.2 Å². The lowest BCUT2D eigenvalue weighted by molar-refractivity contribution is -0.139. The van der Waals surface area contributed by atoms with Gasteiger partial charge in [-0.05, 0) is 55.8 Å². The normalized spacial score (nSPS) is 12.0. The van der Waals surface area contributed by atoms with Crippen LogP contribution in [0, 0.1) is 0 Å². The Morgan fingerprint density at radius 1 is 0.973 bits per heavy atom. The van der Waals surface area contributed by atoms with E-state index in [1.807, 2.05) is 24.3 Å². The number of likely N-dealkylation sites (N-methyl/N-ethyl adjacent to an activating group) is 1. The molecule has 0 radical (unpaired) electrons. The van der Waals surface area contributed by atoms with Crippen molar-refractivity contribution in [3.63, 3.8) is 0 Å². The summed E-state index contributed by atoms with van der Waals surface area (Å²) >= 11 is 16.0. The Hall–Kier alpha value is -2.59. The monoisotopic (exact) mass is 625 g/mol. The zero-order valence-electron chi connectivity index (χ0n) is 20.2. The third-order valence-corrected chi connectivity index (χ3v) is 8.71. The zero-order valence-corrected chi connectivity index (χ0v) is 24.1. The van der Waals surface area contributed by atoms with Gasteiger partial charge in [-0.2, -0.15) is 0 Å². The molecule has 3 aromatic carbocycles. The summed E-state index contributed by atoms with van der Waals surface area (Å²) in [7, 11) is -4.22. The first-order valence-corrected chi connectivity index (χ1v) is 14.4. The Morgan fingerprint density at radius 3 is 2.24 bits per heavy atom. The lowest BCUT2D eigenvalue weighted by Gasteiger charge is -2.32. The van der Waals surface area contributed by atoms with E-state index in [0.717, 1.165) is 14.3 Å². The van der Waals surface area contributed by atoms with Gasteiger partial charge in [-0.25, -0.2) is 8.42 Å². The molecule has 11 heteroatoms. The summed E-state index contributed by atoms with van der Waals surface area (Å²) in [6.07, 6.45) is 0. The van der Waals surface area contributed by atoms with E-state index in [2.05, 4.69) is 21.2 Å². The van der Waals surface area contributed by atoms with Gasteiger partial charge in [0.2, 0.25) is 11.8 Å². The molecule has 0 fully saturated rings. The number of anilines is 1. The van der Waals surface area contributed by atoms with Crippen molar-refractivity contribution in [3.8, 4) is 0 Å². The average molecular weight is 627 g/mol. The van der Waals surface area contributed by atoms with Crippen LogP contribution >= 0.6 is 39.1 Å². The molecule has 0 saturated carbocycles. The molecule has 7 nitrogen and oxygen atoms in total. The van der Waals surface area contributed by atoms with Crippen LogP contribution in [-0.2, 0) is 26.2 Å². The van der Waals surface area contributed by atoms with Crippen molar-refractivity contribution in [1.29, 1.82) is 0 Å². The van der Waals surface area contributed by atoms with Crippen LogP contribution < -0.4 is 9.62 Å². The predicted octanol–water partition coefficient (Wildman–Crippen LogP) is 5.50. The van der Waals surface area contributed by atoms with Gasteiger partial charge in [0.25, 0.3) is 10.0 Å². The van der Waals surface area contributed by atoms with Crippen LogP contribution in [0.2, 0.25) is 10.0 Å². The summed E-state index contributed by atoms with van der Waals surface area (Å²) < 4.78 is 29.2. The minimum atomic E-state index is -4.22. The van der Waals surface area contributed by atoms with Gasteiger partial charge in [0.05, 0.1) is 20.6 Å². The molecule has 37 heavy (non-hydrogen) atoms. The number of hydrogen-bond donors (Lipinski definition) is 1. The largest absolute Gasteiger partial charge is 0.355 e. The minimum Gasteiger partial charge on any atom is -0.355 e. The number of nitrogens with one attached hydrogen (secondary N) is 1. The molecule has 0 heterocycles. The van der Waals surface area contributed by atoms with E-state index in [4.69, 9.17) is 23.2 Å². The lowest BCUT2D eigenvalue weighted by atomic mass is 10.1. The number of rotatable bonds is 10. The van der Waals surface area contributed by atoms with E-state index in [0.29, 0.717) is 6.54 Å². The third kappa shape index (κ3) is 7.04. The van der Waals surface area contributed by atoms with E-state index in [-0.39, 0.29) is 33.1 Å².